The summed E-state index contributed by atoms with van der Waals surface area (Å²) in [5.41, 5.74) is 0. The van der Waals surface area contributed by atoms with E-state index in [1.54, 1.807) is 6.20 Å². The van der Waals surface area contributed by atoms with Gasteiger partial charge in [-0.25, -0.2) is 4.98 Å². The maximum absolute atomic E-state index is 12.1. The number of hydrogen-bond donors (Lipinski definition) is 1. The molecule has 0 radical (unpaired) electrons. The third-order valence-electron chi connectivity index (χ3n) is 2.62. The molecule has 1 saturated heterocycles. The van der Waals surface area contributed by atoms with Crippen LogP contribution in [0.15, 0.2) is 12.4 Å². The highest BCUT2D eigenvalue weighted by molar-refractivity contribution is 5.96. The summed E-state index contributed by atoms with van der Waals surface area (Å²) in [5, 5.41) is 3.15. The number of Topliss-reactive ketones (excluding diaryl/α,β-unsaturated/α-hetero) is 1. The maximum atomic E-state index is 12.1. The molecule has 0 saturated carbocycles. The van der Waals surface area contributed by atoms with E-state index in [1.807, 2.05) is 10.8 Å². The van der Waals surface area contributed by atoms with Crippen LogP contribution < -0.4 is 5.32 Å². The predicted molar refractivity (Wildman–Crippen MR) is 59.5 cm³/mol. The quantitative estimate of drug-likeness (QED) is 0.754. The SMILES string of the molecule is CCCn1ccnc1C(=O)C1CNCCO1. The van der Waals surface area contributed by atoms with E-state index >= 15 is 0 Å². The molecule has 0 amide bonds. The van der Waals surface area contributed by atoms with Gasteiger partial charge in [-0.05, 0) is 6.42 Å². The number of ether oxygens (including phenoxy) is 1. The van der Waals surface area contributed by atoms with Crippen LogP contribution >= 0.6 is 0 Å². The number of aryl methyl sites for hydroxylation is 1. The van der Waals surface area contributed by atoms with Gasteiger partial charge in [0.15, 0.2) is 5.82 Å². The molecule has 1 atom stereocenters. The number of carbonyl (C=O) groups excluding carboxylic acids is 1. The van der Waals surface area contributed by atoms with E-state index in [4.69, 9.17) is 4.74 Å². The van der Waals surface area contributed by atoms with Gasteiger partial charge in [0.1, 0.15) is 6.10 Å². The van der Waals surface area contributed by atoms with Crippen molar-refractivity contribution in [3.8, 4) is 0 Å². The summed E-state index contributed by atoms with van der Waals surface area (Å²) in [7, 11) is 0. The lowest BCUT2D eigenvalue weighted by atomic mass is 10.2. The van der Waals surface area contributed by atoms with Crippen molar-refractivity contribution in [3.63, 3.8) is 0 Å². The molecule has 1 unspecified atom stereocenters. The van der Waals surface area contributed by atoms with Gasteiger partial charge < -0.3 is 14.6 Å². The summed E-state index contributed by atoms with van der Waals surface area (Å²) in [6.45, 7) is 4.88. The fraction of sp³-hybridized carbons (Fsp3) is 0.636. The first kappa shape index (κ1) is 11.3. The molecule has 1 fully saturated rings. The van der Waals surface area contributed by atoms with E-state index in [0.717, 1.165) is 19.5 Å². The van der Waals surface area contributed by atoms with E-state index in [2.05, 4.69) is 17.2 Å². The highest BCUT2D eigenvalue weighted by atomic mass is 16.5. The summed E-state index contributed by atoms with van der Waals surface area (Å²) in [6.07, 6.45) is 4.11. The van der Waals surface area contributed by atoms with E-state index in [9.17, 15) is 4.79 Å². The van der Waals surface area contributed by atoms with Crippen molar-refractivity contribution < 1.29 is 9.53 Å². The molecule has 0 spiro atoms. The number of morpholine rings is 1. The number of aromatic nitrogens is 2. The zero-order valence-corrected chi connectivity index (χ0v) is 9.48. The Bertz CT molecular complexity index is 356. The topological polar surface area (TPSA) is 56.2 Å². The van der Waals surface area contributed by atoms with E-state index in [-0.39, 0.29) is 11.9 Å². The van der Waals surface area contributed by atoms with E-state index < -0.39 is 0 Å². The number of nitrogens with zero attached hydrogens (tertiary/aromatic N) is 2. The van der Waals surface area contributed by atoms with Crippen molar-refractivity contribution in [2.45, 2.75) is 26.0 Å². The fourth-order valence-corrected chi connectivity index (χ4v) is 1.83. The molecule has 2 heterocycles. The molecule has 1 N–H and O–H groups in total. The molecular weight excluding hydrogens is 206 g/mol. The van der Waals surface area contributed by atoms with Gasteiger partial charge in [-0.2, -0.15) is 0 Å². The first-order valence-electron chi connectivity index (χ1n) is 5.70. The van der Waals surface area contributed by atoms with Crippen LogP contribution in [0.4, 0.5) is 0 Å². The van der Waals surface area contributed by atoms with Crippen LogP contribution in [0.3, 0.4) is 0 Å². The monoisotopic (exact) mass is 223 g/mol. The molecule has 1 aliphatic heterocycles. The first-order chi connectivity index (χ1) is 7.83. The Kier molecular flexibility index (Phi) is 3.69. The van der Waals surface area contributed by atoms with Crippen LogP contribution in [-0.2, 0) is 11.3 Å². The first-order valence-corrected chi connectivity index (χ1v) is 5.70. The molecule has 5 nitrogen and oxygen atoms in total. The Labute approximate surface area is 94.8 Å². The minimum absolute atomic E-state index is 0.0225. The number of carbonyl (C=O) groups is 1. The molecule has 2 rings (SSSR count). The molecule has 5 heteroatoms. The lowest BCUT2D eigenvalue weighted by molar-refractivity contribution is 0.0258. The van der Waals surface area contributed by atoms with Gasteiger partial charge in [0.25, 0.3) is 0 Å². The number of nitrogens with one attached hydrogen (secondary N) is 1. The maximum Gasteiger partial charge on any atom is 0.228 e. The molecular formula is C11H17N3O2. The summed E-state index contributed by atoms with van der Waals surface area (Å²) in [6, 6.07) is 0. The third kappa shape index (κ3) is 2.31. The molecule has 16 heavy (non-hydrogen) atoms. The second-order valence-corrected chi connectivity index (χ2v) is 3.87. The third-order valence-corrected chi connectivity index (χ3v) is 2.62. The second kappa shape index (κ2) is 5.23. The Morgan fingerprint density at radius 3 is 3.31 bits per heavy atom. The molecule has 1 aliphatic rings. The van der Waals surface area contributed by atoms with Crippen molar-refractivity contribution in [2.75, 3.05) is 19.7 Å². The Hall–Kier alpha value is -1.20. The fourth-order valence-electron chi connectivity index (χ4n) is 1.83. The van der Waals surface area contributed by atoms with Crippen molar-refractivity contribution in [1.29, 1.82) is 0 Å². The number of ketones is 1. The zero-order chi connectivity index (χ0) is 11.4. The van der Waals surface area contributed by atoms with Gasteiger partial charge in [0.2, 0.25) is 5.78 Å². The Morgan fingerprint density at radius 1 is 1.75 bits per heavy atom. The van der Waals surface area contributed by atoms with Gasteiger partial charge in [0.05, 0.1) is 6.61 Å². The number of hydrogen-bond acceptors (Lipinski definition) is 4. The Balaban J connectivity index is 2.09. The van der Waals surface area contributed by atoms with Crippen LogP contribution in [-0.4, -0.2) is 41.1 Å². The summed E-state index contributed by atoms with van der Waals surface area (Å²) in [4.78, 5) is 16.2. The molecule has 88 valence electrons. The van der Waals surface area contributed by atoms with Crippen molar-refractivity contribution in [2.24, 2.45) is 0 Å². The second-order valence-electron chi connectivity index (χ2n) is 3.87. The lowest BCUT2D eigenvalue weighted by Gasteiger charge is -2.22. The minimum atomic E-state index is -0.383. The zero-order valence-electron chi connectivity index (χ0n) is 9.48. The minimum Gasteiger partial charge on any atom is -0.367 e. The molecule has 1 aromatic heterocycles. The van der Waals surface area contributed by atoms with E-state index in [0.29, 0.717) is 19.0 Å². The average Bonchev–Trinajstić information content (AvgIpc) is 2.78. The largest absolute Gasteiger partial charge is 0.367 e. The van der Waals surface area contributed by atoms with E-state index in [1.165, 1.54) is 0 Å². The normalized spacial score (nSPS) is 20.9. The van der Waals surface area contributed by atoms with Gasteiger partial charge in [0, 0.05) is 32.0 Å². The van der Waals surface area contributed by atoms with Crippen LogP contribution in [0.25, 0.3) is 0 Å². The standard InChI is InChI=1S/C11H17N3O2/c1-2-5-14-6-3-13-11(14)10(15)9-8-12-4-7-16-9/h3,6,9,12H,2,4-5,7-8H2,1H3. The summed E-state index contributed by atoms with van der Waals surface area (Å²) in [5.74, 6) is 0.487. The molecule has 1 aromatic rings. The molecule has 0 bridgehead atoms. The van der Waals surface area contributed by atoms with Crippen molar-refractivity contribution in [1.82, 2.24) is 14.9 Å². The predicted octanol–water partition coefficient (Wildman–Crippen LogP) is 0.464. The van der Waals surface area contributed by atoms with Crippen LogP contribution in [0.2, 0.25) is 0 Å². The smallest absolute Gasteiger partial charge is 0.228 e. The van der Waals surface area contributed by atoms with Crippen molar-refractivity contribution >= 4 is 5.78 Å². The highest BCUT2D eigenvalue weighted by Crippen LogP contribution is 2.07. The van der Waals surface area contributed by atoms with Gasteiger partial charge in [-0.15, -0.1) is 0 Å². The highest BCUT2D eigenvalue weighted by Gasteiger charge is 2.26. The van der Waals surface area contributed by atoms with Gasteiger partial charge in [-0.3, -0.25) is 4.79 Å². The van der Waals surface area contributed by atoms with Crippen LogP contribution in [0, 0.1) is 0 Å². The van der Waals surface area contributed by atoms with Crippen LogP contribution in [0.5, 0.6) is 0 Å². The summed E-state index contributed by atoms with van der Waals surface area (Å²) < 4.78 is 7.32. The average molecular weight is 223 g/mol. The number of rotatable bonds is 4. The van der Waals surface area contributed by atoms with Gasteiger partial charge >= 0.3 is 0 Å². The van der Waals surface area contributed by atoms with Gasteiger partial charge in [-0.1, -0.05) is 6.92 Å². The number of imidazole rings is 1. The lowest BCUT2D eigenvalue weighted by Crippen LogP contribution is -2.43. The molecule has 0 aliphatic carbocycles. The molecule has 0 aromatic carbocycles. The van der Waals surface area contributed by atoms with Crippen LogP contribution in [0.1, 0.15) is 24.0 Å². The summed E-state index contributed by atoms with van der Waals surface area (Å²) >= 11 is 0. The van der Waals surface area contributed by atoms with Crippen molar-refractivity contribution in [3.05, 3.63) is 18.2 Å². The Morgan fingerprint density at radius 2 is 2.62 bits per heavy atom.